The van der Waals surface area contributed by atoms with Gasteiger partial charge in [0.2, 0.25) is 0 Å². The first kappa shape index (κ1) is 15.2. The lowest BCUT2D eigenvalue weighted by atomic mass is 10.1. The summed E-state index contributed by atoms with van der Waals surface area (Å²) in [5.41, 5.74) is 12.7. The predicted molar refractivity (Wildman–Crippen MR) is 99.5 cm³/mol. The first-order valence-electron chi connectivity index (χ1n) is 7.93. The zero-order valence-electron chi connectivity index (χ0n) is 13.9. The third-order valence-electron chi connectivity index (χ3n) is 3.90. The Morgan fingerprint density at radius 3 is 2.30 bits per heavy atom. The van der Waals surface area contributed by atoms with Crippen LogP contribution in [0.5, 0.6) is 0 Å². The highest BCUT2D eigenvalue weighted by atomic mass is 14.9. The predicted octanol–water partition coefficient (Wildman–Crippen LogP) is 4.76. The molecule has 23 heavy (non-hydrogen) atoms. The summed E-state index contributed by atoms with van der Waals surface area (Å²) in [6.07, 6.45) is 2.15. The number of aromatic nitrogens is 1. The van der Waals surface area contributed by atoms with Gasteiger partial charge < -0.3 is 15.6 Å². The quantitative estimate of drug-likeness (QED) is 0.682. The molecule has 0 fully saturated rings. The minimum Gasteiger partial charge on any atom is -0.397 e. The Morgan fingerprint density at radius 1 is 0.913 bits per heavy atom. The second-order valence-corrected chi connectivity index (χ2v) is 6.19. The number of hydrogen-bond acceptors (Lipinski definition) is 2. The van der Waals surface area contributed by atoms with E-state index in [-0.39, 0.29) is 0 Å². The Bertz CT molecular complexity index is 801. The van der Waals surface area contributed by atoms with Crippen molar-refractivity contribution in [3.8, 4) is 22.4 Å². The summed E-state index contributed by atoms with van der Waals surface area (Å²) < 4.78 is 2.15. The van der Waals surface area contributed by atoms with Crippen molar-refractivity contribution in [3.05, 3.63) is 60.8 Å². The van der Waals surface area contributed by atoms with Crippen molar-refractivity contribution in [1.82, 2.24) is 4.57 Å². The van der Waals surface area contributed by atoms with Crippen LogP contribution in [0.15, 0.2) is 60.8 Å². The van der Waals surface area contributed by atoms with Gasteiger partial charge in [0.1, 0.15) is 0 Å². The van der Waals surface area contributed by atoms with Crippen molar-refractivity contribution >= 4 is 11.4 Å². The van der Waals surface area contributed by atoms with E-state index < -0.39 is 0 Å². The molecule has 0 bridgehead atoms. The van der Waals surface area contributed by atoms with E-state index in [4.69, 9.17) is 5.73 Å². The molecule has 0 radical (unpaired) electrons. The van der Waals surface area contributed by atoms with Gasteiger partial charge in [0, 0.05) is 30.5 Å². The molecule has 3 N–H and O–H groups in total. The highest BCUT2D eigenvalue weighted by Crippen LogP contribution is 2.31. The van der Waals surface area contributed by atoms with Crippen LogP contribution in [0.2, 0.25) is 0 Å². The summed E-state index contributed by atoms with van der Waals surface area (Å²) >= 11 is 0. The average molecular weight is 305 g/mol. The van der Waals surface area contributed by atoms with E-state index in [1.54, 1.807) is 0 Å². The van der Waals surface area contributed by atoms with Crippen molar-refractivity contribution < 1.29 is 0 Å². The number of nitrogens with two attached hydrogens (primary N) is 1. The molecular formula is C20H23N3. The largest absolute Gasteiger partial charge is 0.397 e. The molecule has 0 saturated heterocycles. The molecule has 3 aromatic rings. The standard InChI is InChI=1S/C20H23N3/c1-14(2)22-19-10-9-16(11-18(19)21)17-12-20(23(3)13-17)15-7-5-4-6-8-15/h4-14,22H,21H2,1-3H3. The highest BCUT2D eigenvalue weighted by Gasteiger charge is 2.09. The second-order valence-electron chi connectivity index (χ2n) is 6.19. The first-order chi connectivity index (χ1) is 11.0. The number of anilines is 2. The Labute approximate surface area is 137 Å². The molecule has 2 aromatic carbocycles. The van der Waals surface area contributed by atoms with Gasteiger partial charge in [-0.15, -0.1) is 0 Å². The number of aryl methyl sites for hydroxylation is 1. The molecule has 1 aromatic heterocycles. The van der Waals surface area contributed by atoms with Crippen LogP contribution in [0.1, 0.15) is 13.8 Å². The lowest BCUT2D eigenvalue weighted by Crippen LogP contribution is -2.11. The van der Waals surface area contributed by atoms with E-state index in [0.29, 0.717) is 6.04 Å². The zero-order valence-corrected chi connectivity index (χ0v) is 13.9. The van der Waals surface area contributed by atoms with E-state index in [0.717, 1.165) is 16.9 Å². The van der Waals surface area contributed by atoms with E-state index in [2.05, 4.69) is 79.4 Å². The van der Waals surface area contributed by atoms with Crippen molar-refractivity contribution in [2.24, 2.45) is 7.05 Å². The Kier molecular flexibility index (Phi) is 4.11. The molecule has 3 heteroatoms. The summed E-state index contributed by atoms with van der Waals surface area (Å²) in [5.74, 6) is 0. The van der Waals surface area contributed by atoms with Crippen LogP contribution in [0, 0.1) is 0 Å². The molecule has 0 aliphatic heterocycles. The fourth-order valence-electron chi connectivity index (χ4n) is 2.80. The fourth-order valence-corrected chi connectivity index (χ4v) is 2.80. The monoisotopic (exact) mass is 305 g/mol. The maximum absolute atomic E-state index is 6.19. The summed E-state index contributed by atoms with van der Waals surface area (Å²) in [6.45, 7) is 4.22. The Hall–Kier alpha value is -2.68. The number of benzene rings is 2. The summed E-state index contributed by atoms with van der Waals surface area (Å²) in [5, 5.41) is 3.36. The van der Waals surface area contributed by atoms with Gasteiger partial charge in [-0.05, 0) is 43.2 Å². The van der Waals surface area contributed by atoms with E-state index in [1.165, 1.54) is 16.8 Å². The topological polar surface area (TPSA) is 43.0 Å². The summed E-state index contributed by atoms with van der Waals surface area (Å²) in [6, 6.07) is 19.2. The molecular weight excluding hydrogens is 282 g/mol. The van der Waals surface area contributed by atoms with Crippen molar-refractivity contribution in [1.29, 1.82) is 0 Å². The molecule has 0 unspecified atom stereocenters. The van der Waals surface area contributed by atoms with Crippen LogP contribution >= 0.6 is 0 Å². The molecule has 3 rings (SSSR count). The molecule has 0 saturated carbocycles. The van der Waals surface area contributed by atoms with E-state index in [9.17, 15) is 0 Å². The maximum atomic E-state index is 6.19. The third kappa shape index (κ3) is 3.24. The van der Waals surface area contributed by atoms with Gasteiger partial charge in [0.15, 0.2) is 0 Å². The zero-order chi connectivity index (χ0) is 16.4. The molecule has 1 heterocycles. The molecule has 0 amide bonds. The van der Waals surface area contributed by atoms with Crippen molar-refractivity contribution in [3.63, 3.8) is 0 Å². The smallest absolute Gasteiger partial charge is 0.0576 e. The van der Waals surface area contributed by atoms with Gasteiger partial charge in [-0.3, -0.25) is 0 Å². The van der Waals surface area contributed by atoms with Gasteiger partial charge in [0.25, 0.3) is 0 Å². The molecule has 0 aliphatic rings. The van der Waals surface area contributed by atoms with Gasteiger partial charge in [-0.25, -0.2) is 0 Å². The highest BCUT2D eigenvalue weighted by molar-refractivity contribution is 5.78. The SMILES string of the molecule is CC(C)Nc1ccc(-c2cc(-c3ccccc3)n(C)c2)cc1N. The molecule has 118 valence electrons. The Balaban J connectivity index is 1.95. The lowest BCUT2D eigenvalue weighted by Gasteiger charge is -2.13. The van der Waals surface area contributed by atoms with Gasteiger partial charge in [-0.2, -0.15) is 0 Å². The van der Waals surface area contributed by atoms with Crippen molar-refractivity contribution in [2.75, 3.05) is 11.1 Å². The molecule has 3 nitrogen and oxygen atoms in total. The maximum Gasteiger partial charge on any atom is 0.0576 e. The van der Waals surface area contributed by atoms with Crippen LogP contribution in [0.25, 0.3) is 22.4 Å². The fraction of sp³-hybridized carbons (Fsp3) is 0.200. The minimum atomic E-state index is 0.365. The van der Waals surface area contributed by atoms with Crippen LogP contribution in [0.4, 0.5) is 11.4 Å². The van der Waals surface area contributed by atoms with E-state index in [1.807, 2.05) is 12.1 Å². The van der Waals surface area contributed by atoms with Crippen molar-refractivity contribution in [2.45, 2.75) is 19.9 Å². The van der Waals surface area contributed by atoms with Crippen LogP contribution in [-0.4, -0.2) is 10.6 Å². The van der Waals surface area contributed by atoms with E-state index >= 15 is 0 Å². The number of nitrogens with zero attached hydrogens (tertiary/aromatic N) is 1. The van der Waals surface area contributed by atoms with Crippen LogP contribution < -0.4 is 11.1 Å². The summed E-state index contributed by atoms with van der Waals surface area (Å²) in [7, 11) is 2.07. The van der Waals surface area contributed by atoms with Crippen LogP contribution in [-0.2, 0) is 7.05 Å². The number of nitrogens with one attached hydrogen (secondary N) is 1. The van der Waals surface area contributed by atoms with Gasteiger partial charge >= 0.3 is 0 Å². The first-order valence-corrected chi connectivity index (χ1v) is 7.93. The summed E-state index contributed by atoms with van der Waals surface area (Å²) in [4.78, 5) is 0. The number of nitrogen functional groups attached to an aromatic ring is 1. The molecule has 0 spiro atoms. The second kappa shape index (κ2) is 6.21. The average Bonchev–Trinajstić information content (AvgIpc) is 2.92. The minimum absolute atomic E-state index is 0.365. The Morgan fingerprint density at radius 2 is 1.65 bits per heavy atom. The normalized spacial score (nSPS) is 11.0. The number of hydrogen-bond donors (Lipinski definition) is 2. The van der Waals surface area contributed by atoms with Crippen LogP contribution in [0.3, 0.4) is 0 Å². The lowest BCUT2D eigenvalue weighted by molar-refractivity contribution is 0.900. The van der Waals surface area contributed by atoms with Gasteiger partial charge in [-0.1, -0.05) is 36.4 Å². The number of rotatable bonds is 4. The van der Waals surface area contributed by atoms with Gasteiger partial charge in [0.05, 0.1) is 11.4 Å². The molecule has 0 atom stereocenters. The third-order valence-corrected chi connectivity index (χ3v) is 3.90. The molecule has 0 aliphatic carbocycles.